The van der Waals surface area contributed by atoms with Crippen LogP contribution < -0.4 is 0 Å². The van der Waals surface area contributed by atoms with Gasteiger partial charge < -0.3 is 9.25 Å². The number of carbonyl (C=O) groups is 2. The number of oxime groups is 1. The monoisotopic (exact) mass is 517 g/mol. The number of benzene rings is 3. The summed E-state index contributed by atoms with van der Waals surface area (Å²) in [7, 11) is 0. The van der Waals surface area contributed by atoms with Gasteiger partial charge in [-0.1, -0.05) is 79.7 Å². The number of furan rings is 1. The number of allylic oxidation sites excluding steroid dienone is 4. The van der Waals surface area contributed by atoms with E-state index < -0.39 is 5.97 Å². The zero-order valence-electron chi connectivity index (χ0n) is 22.4. The molecular weight excluding hydrogens is 486 g/mol. The summed E-state index contributed by atoms with van der Waals surface area (Å²) >= 11 is 0. The summed E-state index contributed by atoms with van der Waals surface area (Å²) in [4.78, 5) is 29.9. The summed E-state index contributed by atoms with van der Waals surface area (Å²) in [5, 5.41) is 7.34. The SMILES string of the molecule is CC(=O)O/N=C(\CCC(C)C)c1ccc2c(c1)CC1C=C(C(=O)c3cc4c(ccc5ccccc54)o3)C=CC21. The van der Waals surface area contributed by atoms with Crippen LogP contribution in [0.15, 0.2) is 94.0 Å². The van der Waals surface area contributed by atoms with Crippen molar-refractivity contribution in [2.75, 3.05) is 0 Å². The van der Waals surface area contributed by atoms with Crippen molar-refractivity contribution >= 4 is 39.2 Å². The van der Waals surface area contributed by atoms with E-state index in [1.54, 1.807) is 0 Å². The fraction of sp³-hybridized carbons (Fsp3) is 0.265. The van der Waals surface area contributed by atoms with Crippen LogP contribution in [-0.4, -0.2) is 17.5 Å². The number of hydrogen-bond donors (Lipinski definition) is 0. The molecule has 196 valence electrons. The molecule has 5 nitrogen and oxygen atoms in total. The predicted octanol–water partition coefficient (Wildman–Crippen LogP) is 7.92. The molecule has 0 fully saturated rings. The number of ketones is 1. The summed E-state index contributed by atoms with van der Waals surface area (Å²) in [6.07, 6.45) is 8.72. The van der Waals surface area contributed by atoms with E-state index in [1.165, 1.54) is 18.1 Å². The van der Waals surface area contributed by atoms with Crippen LogP contribution in [0.3, 0.4) is 0 Å². The van der Waals surface area contributed by atoms with E-state index in [4.69, 9.17) is 9.25 Å². The van der Waals surface area contributed by atoms with Crippen LogP contribution >= 0.6 is 0 Å². The second kappa shape index (κ2) is 10.1. The van der Waals surface area contributed by atoms with E-state index in [0.29, 0.717) is 17.3 Å². The predicted molar refractivity (Wildman–Crippen MR) is 154 cm³/mol. The molecule has 0 aliphatic heterocycles. The highest BCUT2D eigenvalue weighted by molar-refractivity contribution is 6.14. The summed E-state index contributed by atoms with van der Waals surface area (Å²) in [5.41, 5.74) is 5.67. The van der Waals surface area contributed by atoms with Crippen molar-refractivity contribution in [1.29, 1.82) is 0 Å². The van der Waals surface area contributed by atoms with Gasteiger partial charge >= 0.3 is 5.97 Å². The summed E-state index contributed by atoms with van der Waals surface area (Å²) < 4.78 is 6.01. The van der Waals surface area contributed by atoms with Crippen LogP contribution in [0.5, 0.6) is 0 Å². The second-order valence-electron chi connectivity index (χ2n) is 11.0. The molecule has 39 heavy (non-hydrogen) atoms. The van der Waals surface area contributed by atoms with Crippen molar-refractivity contribution in [3.8, 4) is 0 Å². The van der Waals surface area contributed by atoms with Gasteiger partial charge in [0.1, 0.15) is 5.58 Å². The molecule has 1 heterocycles. The first kappa shape index (κ1) is 25.1. The Hall–Kier alpha value is -4.25. The molecule has 0 saturated heterocycles. The van der Waals surface area contributed by atoms with Gasteiger partial charge in [-0.15, -0.1) is 0 Å². The third-order valence-corrected chi connectivity index (χ3v) is 7.78. The quantitative estimate of drug-likeness (QED) is 0.108. The molecule has 2 aliphatic rings. The zero-order valence-corrected chi connectivity index (χ0v) is 22.4. The first-order valence-corrected chi connectivity index (χ1v) is 13.6. The Morgan fingerprint density at radius 2 is 1.90 bits per heavy atom. The smallest absolute Gasteiger partial charge is 0.331 e. The molecule has 2 unspecified atom stereocenters. The highest BCUT2D eigenvalue weighted by Crippen LogP contribution is 2.43. The van der Waals surface area contributed by atoms with Gasteiger partial charge in [0.25, 0.3) is 0 Å². The van der Waals surface area contributed by atoms with Crippen LogP contribution in [0.1, 0.15) is 66.8 Å². The normalized spacial score (nSPS) is 18.4. The van der Waals surface area contributed by atoms with E-state index in [-0.39, 0.29) is 17.6 Å². The largest absolute Gasteiger partial charge is 0.453 e. The Labute approximate surface area is 227 Å². The molecule has 4 aromatic rings. The Morgan fingerprint density at radius 3 is 2.72 bits per heavy atom. The fourth-order valence-corrected chi connectivity index (χ4v) is 5.79. The third kappa shape index (κ3) is 4.85. The minimum atomic E-state index is -0.422. The molecule has 0 spiro atoms. The van der Waals surface area contributed by atoms with Crippen LogP contribution in [0.4, 0.5) is 0 Å². The molecule has 0 amide bonds. The first-order valence-electron chi connectivity index (χ1n) is 13.6. The van der Waals surface area contributed by atoms with Crippen molar-refractivity contribution in [3.05, 3.63) is 107 Å². The number of fused-ring (bicyclic) bond motifs is 6. The molecule has 2 atom stereocenters. The highest BCUT2D eigenvalue weighted by Gasteiger charge is 2.33. The molecule has 0 radical (unpaired) electrons. The maximum Gasteiger partial charge on any atom is 0.331 e. The van der Waals surface area contributed by atoms with Crippen molar-refractivity contribution in [3.63, 3.8) is 0 Å². The first-order chi connectivity index (χ1) is 18.9. The zero-order chi connectivity index (χ0) is 27.1. The van der Waals surface area contributed by atoms with E-state index in [9.17, 15) is 9.59 Å². The Morgan fingerprint density at radius 1 is 1.05 bits per heavy atom. The van der Waals surface area contributed by atoms with Crippen molar-refractivity contribution in [1.82, 2.24) is 0 Å². The third-order valence-electron chi connectivity index (χ3n) is 7.78. The molecule has 0 bridgehead atoms. The van der Waals surface area contributed by atoms with E-state index >= 15 is 0 Å². The molecule has 0 saturated carbocycles. The Kier molecular flexibility index (Phi) is 6.51. The van der Waals surface area contributed by atoms with Crippen molar-refractivity contribution in [2.24, 2.45) is 17.0 Å². The van der Waals surface area contributed by atoms with Gasteiger partial charge in [-0.3, -0.25) is 4.79 Å². The van der Waals surface area contributed by atoms with Gasteiger partial charge in [0.2, 0.25) is 5.78 Å². The lowest BCUT2D eigenvalue weighted by molar-refractivity contribution is -0.140. The molecule has 5 heteroatoms. The molecule has 0 N–H and O–H groups in total. The van der Waals surface area contributed by atoms with Gasteiger partial charge in [-0.05, 0) is 76.8 Å². The van der Waals surface area contributed by atoms with Gasteiger partial charge in [0, 0.05) is 23.8 Å². The van der Waals surface area contributed by atoms with Gasteiger partial charge in [-0.2, -0.15) is 0 Å². The van der Waals surface area contributed by atoms with E-state index in [2.05, 4.69) is 61.5 Å². The van der Waals surface area contributed by atoms with E-state index in [0.717, 1.165) is 52.3 Å². The summed E-state index contributed by atoms with van der Waals surface area (Å²) in [6, 6.07) is 20.4. The second-order valence-corrected chi connectivity index (χ2v) is 11.0. The van der Waals surface area contributed by atoms with E-state index in [1.807, 2.05) is 36.4 Å². The minimum absolute atomic E-state index is 0.0916. The number of carbonyl (C=O) groups excluding carboxylic acids is 2. The lowest BCUT2D eigenvalue weighted by Crippen LogP contribution is -2.11. The van der Waals surface area contributed by atoms with Gasteiger partial charge in [-0.25, -0.2) is 4.79 Å². The Balaban J connectivity index is 1.25. The van der Waals surface area contributed by atoms with Crippen molar-refractivity contribution < 1.29 is 18.8 Å². The maximum absolute atomic E-state index is 13.5. The topological polar surface area (TPSA) is 68.9 Å². The standard InChI is InChI=1S/C34H31NO4/c1-20(2)8-14-31(35-39-21(3)36)23-9-12-28-25(16-23)18-26-17-24(10-13-29(26)28)34(37)33-19-30-27-7-5-4-6-22(27)11-15-32(30)38-33/h4-7,9-13,15-17,19-20,26,29H,8,14,18H2,1-3H3/b35-31+. The maximum atomic E-state index is 13.5. The van der Waals surface area contributed by atoms with Crippen molar-refractivity contribution in [2.45, 2.75) is 46.0 Å². The lowest BCUT2D eigenvalue weighted by Gasteiger charge is -2.19. The number of Topliss-reactive ketones (excluding diaryl/α,β-unsaturated/α-hetero) is 1. The summed E-state index contributed by atoms with van der Waals surface area (Å²) in [6.45, 7) is 5.70. The molecule has 1 aromatic heterocycles. The minimum Gasteiger partial charge on any atom is -0.453 e. The average molecular weight is 518 g/mol. The van der Waals surface area contributed by atoms with Crippen LogP contribution in [0.25, 0.3) is 21.7 Å². The van der Waals surface area contributed by atoms with Crippen LogP contribution in [0, 0.1) is 11.8 Å². The highest BCUT2D eigenvalue weighted by atomic mass is 16.7. The molecule has 2 aliphatic carbocycles. The summed E-state index contributed by atoms with van der Waals surface area (Å²) in [5.74, 6) is 0.802. The van der Waals surface area contributed by atoms with Gasteiger partial charge in [0.05, 0.1) is 5.71 Å². The van der Waals surface area contributed by atoms with Crippen LogP contribution in [0.2, 0.25) is 0 Å². The molecule has 3 aromatic carbocycles. The molecular formula is C34H31NO4. The average Bonchev–Trinajstić information content (AvgIpc) is 3.53. The van der Waals surface area contributed by atoms with Crippen LogP contribution in [-0.2, 0) is 16.1 Å². The number of nitrogens with zero attached hydrogens (tertiary/aromatic N) is 1. The lowest BCUT2D eigenvalue weighted by atomic mass is 9.85. The Bertz CT molecular complexity index is 1700. The molecule has 6 rings (SSSR count). The number of rotatable bonds is 7. The van der Waals surface area contributed by atoms with Gasteiger partial charge in [0.15, 0.2) is 5.76 Å². The fourth-order valence-electron chi connectivity index (χ4n) is 5.79. The number of hydrogen-bond acceptors (Lipinski definition) is 5.